The number of carbonyl (C=O) groups is 1. The number of nitrogens with one attached hydrogen (secondary N) is 1. The van der Waals surface area contributed by atoms with Crippen molar-refractivity contribution in [2.24, 2.45) is 5.92 Å². The molecule has 1 aromatic carbocycles. The summed E-state index contributed by atoms with van der Waals surface area (Å²) in [6, 6.07) is 5.44. The number of benzene rings is 1. The van der Waals surface area contributed by atoms with Crippen molar-refractivity contribution in [1.29, 1.82) is 0 Å². The highest BCUT2D eigenvalue weighted by molar-refractivity contribution is 5.99. The van der Waals surface area contributed by atoms with Gasteiger partial charge in [0.1, 0.15) is 5.75 Å². The second-order valence-electron chi connectivity index (χ2n) is 5.74. The lowest BCUT2D eigenvalue weighted by Crippen LogP contribution is -2.34. The Labute approximate surface area is 120 Å². The van der Waals surface area contributed by atoms with Crippen molar-refractivity contribution in [3.8, 4) is 5.75 Å². The Bertz CT molecular complexity index is 474. The summed E-state index contributed by atoms with van der Waals surface area (Å²) in [6.45, 7) is 2.28. The molecule has 4 nitrogen and oxygen atoms in total. The van der Waals surface area contributed by atoms with Crippen LogP contribution in [-0.2, 0) is 0 Å². The first kappa shape index (κ1) is 14.7. The number of nitrogens with two attached hydrogens (primary N) is 1. The molecule has 0 radical (unpaired) electrons. The summed E-state index contributed by atoms with van der Waals surface area (Å²) in [6.07, 6.45) is 5.72. The van der Waals surface area contributed by atoms with Gasteiger partial charge in [0.25, 0.3) is 5.91 Å². The van der Waals surface area contributed by atoms with Gasteiger partial charge in [0.2, 0.25) is 0 Å². The van der Waals surface area contributed by atoms with Crippen LogP contribution in [0, 0.1) is 5.92 Å². The number of nitrogen functional groups attached to an aromatic ring is 1. The minimum atomic E-state index is -0.0963. The van der Waals surface area contributed by atoms with Crippen molar-refractivity contribution in [3.63, 3.8) is 0 Å². The number of hydrogen-bond acceptors (Lipinski definition) is 3. The molecule has 20 heavy (non-hydrogen) atoms. The molecular weight excluding hydrogens is 252 g/mol. The van der Waals surface area contributed by atoms with Gasteiger partial charge < -0.3 is 15.8 Å². The van der Waals surface area contributed by atoms with Gasteiger partial charge in [-0.25, -0.2) is 0 Å². The summed E-state index contributed by atoms with van der Waals surface area (Å²) in [5, 5.41) is 3.11. The normalized spacial score (nSPS) is 22.9. The Kier molecular flexibility index (Phi) is 4.88. The van der Waals surface area contributed by atoms with E-state index < -0.39 is 0 Å². The highest BCUT2D eigenvalue weighted by atomic mass is 16.5. The van der Waals surface area contributed by atoms with E-state index in [1.54, 1.807) is 25.3 Å². The zero-order chi connectivity index (χ0) is 14.5. The van der Waals surface area contributed by atoms with E-state index in [-0.39, 0.29) is 11.9 Å². The molecule has 2 unspecified atom stereocenters. The molecule has 0 heterocycles. The summed E-state index contributed by atoms with van der Waals surface area (Å²) in [7, 11) is 1.58. The predicted octanol–water partition coefficient (Wildman–Crippen LogP) is 2.98. The maximum Gasteiger partial charge on any atom is 0.253 e. The molecule has 1 aliphatic rings. The highest BCUT2D eigenvalue weighted by Crippen LogP contribution is 2.24. The van der Waals surface area contributed by atoms with Gasteiger partial charge in [0.15, 0.2) is 0 Å². The Morgan fingerprint density at radius 3 is 2.85 bits per heavy atom. The van der Waals surface area contributed by atoms with E-state index in [1.807, 2.05) is 0 Å². The Morgan fingerprint density at radius 1 is 1.30 bits per heavy atom. The van der Waals surface area contributed by atoms with Crippen LogP contribution in [0.15, 0.2) is 18.2 Å². The molecule has 0 aliphatic heterocycles. The highest BCUT2D eigenvalue weighted by Gasteiger charge is 2.19. The van der Waals surface area contributed by atoms with Crippen LogP contribution in [0.3, 0.4) is 0 Å². The van der Waals surface area contributed by atoms with Crippen LogP contribution >= 0.6 is 0 Å². The topological polar surface area (TPSA) is 64.3 Å². The fraction of sp³-hybridized carbons (Fsp3) is 0.562. The number of methoxy groups -OCH3 is 1. The van der Waals surface area contributed by atoms with Crippen LogP contribution in [0.1, 0.15) is 49.4 Å². The molecule has 0 spiro atoms. The van der Waals surface area contributed by atoms with Gasteiger partial charge in [-0.3, -0.25) is 4.79 Å². The monoisotopic (exact) mass is 276 g/mol. The van der Waals surface area contributed by atoms with Gasteiger partial charge in [0, 0.05) is 11.7 Å². The van der Waals surface area contributed by atoms with Crippen LogP contribution in [0.5, 0.6) is 5.75 Å². The van der Waals surface area contributed by atoms with E-state index in [0.717, 1.165) is 18.8 Å². The molecule has 0 bridgehead atoms. The third-order valence-corrected chi connectivity index (χ3v) is 4.10. The molecule has 110 valence electrons. The van der Waals surface area contributed by atoms with Crippen molar-refractivity contribution in [1.82, 2.24) is 5.32 Å². The maximum atomic E-state index is 12.3. The molecule has 2 atom stereocenters. The maximum absolute atomic E-state index is 12.3. The summed E-state index contributed by atoms with van der Waals surface area (Å²) < 4.78 is 5.15. The molecule has 3 N–H and O–H groups in total. The first-order valence-electron chi connectivity index (χ1n) is 7.34. The van der Waals surface area contributed by atoms with Crippen molar-refractivity contribution in [2.45, 2.75) is 45.1 Å². The minimum absolute atomic E-state index is 0.0963. The van der Waals surface area contributed by atoms with Crippen molar-refractivity contribution in [3.05, 3.63) is 23.8 Å². The second-order valence-corrected chi connectivity index (χ2v) is 5.74. The third-order valence-electron chi connectivity index (χ3n) is 4.10. The molecular formula is C16H24N2O2. The molecule has 1 amide bonds. The standard InChI is InChI=1S/C16H24N2O2/c1-11-4-3-5-12(7-6-11)18-16(19)14-10-13(20-2)8-9-15(14)17/h8-12H,3-7,17H2,1-2H3,(H,18,19). The minimum Gasteiger partial charge on any atom is -0.497 e. The molecule has 2 rings (SSSR count). The lowest BCUT2D eigenvalue weighted by Gasteiger charge is -2.17. The lowest BCUT2D eigenvalue weighted by molar-refractivity contribution is 0.0933. The molecule has 4 heteroatoms. The number of anilines is 1. The fourth-order valence-corrected chi connectivity index (χ4v) is 2.75. The molecule has 1 saturated carbocycles. The van der Waals surface area contributed by atoms with E-state index >= 15 is 0 Å². The smallest absolute Gasteiger partial charge is 0.253 e. The zero-order valence-electron chi connectivity index (χ0n) is 12.3. The van der Waals surface area contributed by atoms with Crippen molar-refractivity contribution >= 4 is 11.6 Å². The van der Waals surface area contributed by atoms with Crippen LogP contribution in [0.2, 0.25) is 0 Å². The summed E-state index contributed by atoms with van der Waals surface area (Å²) in [5.74, 6) is 1.32. The van der Waals surface area contributed by atoms with E-state index in [0.29, 0.717) is 17.0 Å². The van der Waals surface area contributed by atoms with Crippen LogP contribution in [0.25, 0.3) is 0 Å². The first-order chi connectivity index (χ1) is 9.60. The van der Waals surface area contributed by atoms with E-state index in [2.05, 4.69) is 12.2 Å². The average molecular weight is 276 g/mol. The van der Waals surface area contributed by atoms with Gasteiger partial charge in [-0.05, 0) is 43.4 Å². The van der Waals surface area contributed by atoms with Gasteiger partial charge in [-0.2, -0.15) is 0 Å². The Hall–Kier alpha value is -1.71. The fourth-order valence-electron chi connectivity index (χ4n) is 2.75. The number of ether oxygens (including phenoxy) is 1. The van der Waals surface area contributed by atoms with E-state index in [9.17, 15) is 4.79 Å². The lowest BCUT2D eigenvalue weighted by atomic mass is 10.0. The van der Waals surface area contributed by atoms with Gasteiger partial charge in [0.05, 0.1) is 12.7 Å². The van der Waals surface area contributed by atoms with Crippen molar-refractivity contribution in [2.75, 3.05) is 12.8 Å². The summed E-state index contributed by atoms with van der Waals surface area (Å²) >= 11 is 0. The molecule has 1 aliphatic carbocycles. The molecule has 1 fully saturated rings. The number of carbonyl (C=O) groups excluding carboxylic acids is 1. The van der Waals surface area contributed by atoms with Crippen LogP contribution in [-0.4, -0.2) is 19.1 Å². The summed E-state index contributed by atoms with van der Waals surface area (Å²) in [5.41, 5.74) is 6.88. The largest absolute Gasteiger partial charge is 0.497 e. The predicted molar refractivity (Wildman–Crippen MR) is 80.9 cm³/mol. The van der Waals surface area contributed by atoms with Gasteiger partial charge in [-0.1, -0.05) is 19.8 Å². The number of hydrogen-bond donors (Lipinski definition) is 2. The van der Waals surface area contributed by atoms with E-state index in [4.69, 9.17) is 10.5 Å². The number of amides is 1. The quantitative estimate of drug-likeness (QED) is 0.659. The SMILES string of the molecule is COc1ccc(N)c(C(=O)NC2CCCC(C)CC2)c1. The Balaban J connectivity index is 2.04. The first-order valence-corrected chi connectivity index (χ1v) is 7.34. The Morgan fingerprint density at radius 2 is 2.10 bits per heavy atom. The molecule has 0 aromatic heterocycles. The zero-order valence-corrected chi connectivity index (χ0v) is 12.3. The van der Waals surface area contributed by atoms with Crippen LogP contribution < -0.4 is 15.8 Å². The van der Waals surface area contributed by atoms with Crippen LogP contribution in [0.4, 0.5) is 5.69 Å². The molecule has 0 saturated heterocycles. The van der Waals surface area contributed by atoms with Gasteiger partial charge in [-0.15, -0.1) is 0 Å². The summed E-state index contributed by atoms with van der Waals surface area (Å²) in [4.78, 5) is 12.3. The van der Waals surface area contributed by atoms with Crippen molar-refractivity contribution < 1.29 is 9.53 Å². The molecule has 1 aromatic rings. The average Bonchev–Trinajstić information content (AvgIpc) is 2.64. The van der Waals surface area contributed by atoms with E-state index in [1.165, 1.54) is 19.3 Å². The number of rotatable bonds is 3. The van der Waals surface area contributed by atoms with Gasteiger partial charge >= 0.3 is 0 Å². The third kappa shape index (κ3) is 3.65. The second kappa shape index (κ2) is 6.64.